The number of benzene rings is 2. The van der Waals surface area contributed by atoms with Crippen molar-refractivity contribution in [3.63, 3.8) is 0 Å². The molecule has 2 atom stereocenters. The lowest BCUT2D eigenvalue weighted by Crippen LogP contribution is -2.29. The van der Waals surface area contributed by atoms with Crippen LogP contribution in [0.3, 0.4) is 0 Å². The van der Waals surface area contributed by atoms with E-state index in [0.717, 1.165) is 12.8 Å². The van der Waals surface area contributed by atoms with Gasteiger partial charge >= 0.3 is 12.1 Å². The van der Waals surface area contributed by atoms with Crippen LogP contribution >= 0.6 is 0 Å². The summed E-state index contributed by atoms with van der Waals surface area (Å²) in [6.07, 6.45) is 2.14. The van der Waals surface area contributed by atoms with Crippen molar-refractivity contribution in [2.75, 3.05) is 19.7 Å². The van der Waals surface area contributed by atoms with Crippen LogP contribution < -0.4 is 10.6 Å². The summed E-state index contributed by atoms with van der Waals surface area (Å²) in [5.41, 5.74) is 4.77. The molecule has 2 amide bonds. The molecular weight excluding hydrogens is 444 g/mol. The number of alkyl carbamates (subject to hydrolysis) is 1. The largest absolute Gasteiger partial charge is 0.481 e. The van der Waals surface area contributed by atoms with Gasteiger partial charge in [0.05, 0.1) is 0 Å². The zero-order valence-electron chi connectivity index (χ0n) is 20.6. The standard InChI is InChI=1S/C28H36N2O5/c1-19(11-13-26(31)30-17-20(2)12-14-27(32)33)15-16-29-28(34)35-18-25-23-9-5-3-7-21(23)22-8-4-6-10-24(22)25/h3-10,19-20,25H,11-18H2,1-2H3,(H,29,34)(H,30,31)(H,32,33). The third kappa shape index (κ3) is 7.84. The number of rotatable bonds is 13. The number of nitrogens with one attached hydrogen (secondary N) is 2. The van der Waals surface area contributed by atoms with Crippen molar-refractivity contribution in [2.45, 2.75) is 51.9 Å². The number of amides is 2. The predicted molar refractivity (Wildman–Crippen MR) is 135 cm³/mol. The first-order valence-electron chi connectivity index (χ1n) is 12.4. The molecule has 0 aliphatic heterocycles. The van der Waals surface area contributed by atoms with Crippen molar-refractivity contribution >= 4 is 18.0 Å². The minimum Gasteiger partial charge on any atom is -0.481 e. The van der Waals surface area contributed by atoms with Crippen LogP contribution in [0, 0.1) is 11.8 Å². The Hall–Kier alpha value is -3.35. The Kier molecular flexibility index (Phi) is 9.70. The Labute approximate surface area is 207 Å². The molecule has 0 bridgehead atoms. The first kappa shape index (κ1) is 26.3. The number of carboxylic acids is 1. The summed E-state index contributed by atoms with van der Waals surface area (Å²) >= 11 is 0. The monoisotopic (exact) mass is 480 g/mol. The van der Waals surface area contributed by atoms with Gasteiger partial charge in [0.2, 0.25) is 5.91 Å². The van der Waals surface area contributed by atoms with Crippen LogP contribution in [0.4, 0.5) is 4.79 Å². The normalized spacial score (nSPS) is 13.9. The summed E-state index contributed by atoms with van der Waals surface area (Å²) in [7, 11) is 0. The van der Waals surface area contributed by atoms with Crippen molar-refractivity contribution in [3.8, 4) is 11.1 Å². The van der Waals surface area contributed by atoms with Gasteiger partial charge in [0.25, 0.3) is 0 Å². The maximum absolute atomic E-state index is 12.3. The Morgan fingerprint density at radius 2 is 1.46 bits per heavy atom. The fourth-order valence-corrected chi connectivity index (χ4v) is 4.44. The number of ether oxygens (including phenoxy) is 1. The van der Waals surface area contributed by atoms with E-state index in [1.165, 1.54) is 22.3 Å². The second-order valence-electron chi connectivity index (χ2n) is 9.53. The zero-order chi connectivity index (χ0) is 25.2. The van der Waals surface area contributed by atoms with Gasteiger partial charge in [0, 0.05) is 31.8 Å². The topological polar surface area (TPSA) is 105 Å². The van der Waals surface area contributed by atoms with E-state index < -0.39 is 12.1 Å². The summed E-state index contributed by atoms with van der Waals surface area (Å²) in [6.45, 7) is 5.26. The molecule has 2 unspecified atom stereocenters. The van der Waals surface area contributed by atoms with Crippen LogP contribution in [0.2, 0.25) is 0 Å². The molecule has 2 aromatic carbocycles. The number of carbonyl (C=O) groups excluding carboxylic acids is 2. The van der Waals surface area contributed by atoms with E-state index in [0.29, 0.717) is 32.5 Å². The van der Waals surface area contributed by atoms with Crippen molar-refractivity contribution in [1.29, 1.82) is 0 Å². The molecular formula is C28H36N2O5. The minimum absolute atomic E-state index is 0.0245. The molecule has 0 saturated carbocycles. The van der Waals surface area contributed by atoms with Crippen molar-refractivity contribution in [3.05, 3.63) is 59.7 Å². The molecule has 0 radical (unpaired) electrons. The highest BCUT2D eigenvalue weighted by Crippen LogP contribution is 2.44. The van der Waals surface area contributed by atoms with E-state index >= 15 is 0 Å². The number of carbonyl (C=O) groups is 3. The third-order valence-electron chi connectivity index (χ3n) is 6.61. The van der Waals surface area contributed by atoms with E-state index in [2.05, 4.69) is 41.8 Å². The molecule has 3 N–H and O–H groups in total. The van der Waals surface area contributed by atoms with Gasteiger partial charge in [-0.3, -0.25) is 9.59 Å². The van der Waals surface area contributed by atoms with Gasteiger partial charge in [0.1, 0.15) is 6.61 Å². The Bertz CT molecular complexity index is 976. The summed E-state index contributed by atoms with van der Waals surface area (Å²) in [6, 6.07) is 16.5. The van der Waals surface area contributed by atoms with E-state index in [9.17, 15) is 14.4 Å². The fourth-order valence-electron chi connectivity index (χ4n) is 4.44. The fraction of sp³-hybridized carbons (Fsp3) is 0.464. The molecule has 0 aromatic heterocycles. The maximum atomic E-state index is 12.3. The second-order valence-corrected chi connectivity index (χ2v) is 9.53. The van der Waals surface area contributed by atoms with E-state index in [4.69, 9.17) is 9.84 Å². The van der Waals surface area contributed by atoms with Crippen LogP contribution in [-0.4, -0.2) is 42.8 Å². The van der Waals surface area contributed by atoms with Crippen molar-refractivity contribution in [1.82, 2.24) is 10.6 Å². The Balaban J connectivity index is 1.32. The Morgan fingerprint density at radius 1 is 0.857 bits per heavy atom. The molecule has 2 aromatic rings. The highest BCUT2D eigenvalue weighted by Gasteiger charge is 2.28. The van der Waals surface area contributed by atoms with Crippen molar-refractivity contribution < 1.29 is 24.2 Å². The van der Waals surface area contributed by atoms with E-state index in [1.807, 2.05) is 31.2 Å². The molecule has 0 fully saturated rings. The van der Waals surface area contributed by atoms with Gasteiger partial charge in [-0.2, -0.15) is 0 Å². The lowest BCUT2D eigenvalue weighted by Gasteiger charge is -2.16. The van der Waals surface area contributed by atoms with Crippen LogP contribution in [0.5, 0.6) is 0 Å². The molecule has 188 valence electrons. The average molecular weight is 481 g/mol. The second kappa shape index (κ2) is 12.9. The maximum Gasteiger partial charge on any atom is 0.407 e. The van der Waals surface area contributed by atoms with E-state index in [-0.39, 0.29) is 30.1 Å². The first-order valence-corrected chi connectivity index (χ1v) is 12.4. The Morgan fingerprint density at radius 3 is 2.09 bits per heavy atom. The van der Waals surface area contributed by atoms with Crippen LogP contribution in [0.1, 0.15) is 63.0 Å². The predicted octanol–water partition coefficient (Wildman–Crippen LogP) is 4.95. The summed E-state index contributed by atoms with van der Waals surface area (Å²) in [5.74, 6) is -0.391. The zero-order valence-corrected chi connectivity index (χ0v) is 20.6. The average Bonchev–Trinajstić information content (AvgIpc) is 3.17. The number of hydrogen-bond acceptors (Lipinski definition) is 4. The smallest absolute Gasteiger partial charge is 0.407 e. The van der Waals surface area contributed by atoms with Gasteiger partial charge in [-0.15, -0.1) is 0 Å². The molecule has 7 nitrogen and oxygen atoms in total. The minimum atomic E-state index is -0.816. The highest BCUT2D eigenvalue weighted by molar-refractivity contribution is 5.79. The van der Waals surface area contributed by atoms with Gasteiger partial charge in [-0.05, 0) is 53.4 Å². The third-order valence-corrected chi connectivity index (χ3v) is 6.61. The molecule has 7 heteroatoms. The van der Waals surface area contributed by atoms with Crippen molar-refractivity contribution in [2.24, 2.45) is 11.8 Å². The number of carboxylic acid groups (broad SMARTS) is 1. The van der Waals surface area contributed by atoms with E-state index in [1.54, 1.807) is 0 Å². The molecule has 1 aliphatic rings. The van der Waals surface area contributed by atoms with Crippen LogP contribution in [-0.2, 0) is 14.3 Å². The van der Waals surface area contributed by atoms with Crippen LogP contribution in [0.25, 0.3) is 11.1 Å². The van der Waals surface area contributed by atoms with Gasteiger partial charge in [-0.25, -0.2) is 4.79 Å². The van der Waals surface area contributed by atoms with Gasteiger partial charge in [0.15, 0.2) is 0 Å². The molecule has 1 aliphatic carbocycles. The highest BCUT2D eigenvalue weighted by atomic mass is 16.5. The molecule has 0 saturated heterocycles. The number of fused-ring (bicyclic) bond motifs is 3. The molecule has 3 rings (SSSR count). The van der Waals surface area contributed by atoms with Gasteiger partial charge < -0.3 is 20.5 Å². The number of aliphatic carboxylic acids is 1. The summed E-state index contributed by atoms with van der Waals surface area (Å²) in [4.78, 5) is 34.9. The summed E-state index contributed by atoms with van der Waals surface area (Å²) < 4.78 is 5.56. The number of hydrogen-bond donors (Lipinski definition) is 3. The lowest BCUT2D eigenvalue weighted by molar-refractivity contribution is -0.137. The SMILES string of the molecule is CC(CCNC(=O)OCC1c2ccccc2-c2ccccc21)CCC(=O)NCC(C)CCC(=O)O. The van der Waals surface area contributed by atoms with Crippen LogP contribution in [0.15, 0.2) is 48.5 Å². The van der Waals surface area contributed by atoms with Gasteiger partial charge in [-0.1, -0.05) is 62.4 Å². The summed E-state index contributed by atoms with van der Waals surface area (Å²) in [5, 5.41) is 14.4. The first-order chi connectivity index (χ1) is 16.8. The molecule has 0 heterocycles. The lowest BCUT2D eigenvalue weighted by atomic mass is 9.98. The molecule has 35 heavy (non-hydrogen) atoms. The quantitative estimate of drug-likeness (QED) is 0.376. The molecule has 0 spiro atoms.